The maximum Gasteiger partial charge on any atom is 0.429 e. The molecule has 326 valence electrons. The third-order valence-electron chi connectivity index (χ3n) is 12.5. The van der Waals surface area contributed by atoms with E-state index in [4.69, 9.17) is 4.74 Å². The molecule has 3 atom stereocenters. The van der Waals surface area contributed by atoms with E-state index in [0.717, 1.165) is 6.92 Å². The van der Waals surface area contributed by atoms with E-state index >= 15 is 48.3 Å². The van der Waals surface area contributed by atoms with Gasteiger partial charge in [-0.05, 0) is 61.0 Å². The summed E-state index contributed by atoms with van der Waals surface area (Å²) in [4.78, 5) is 0. The van der Waals surface area contributed by atoms with E-state index in [1.807, 2.05) is 0 Å². The molecular formula is C33H55F14O5PS. The molecule has 0 aromatic carbocycles. The highest BCUT2D eigenvalue weighted by molar-refractivity contribution is 7.87. The highest BCUT2D eigenvalue weighted by Gasteiger charge is 2.85. The van der Waals surface area contributed by atoms with Gasteiger partial charge in [-0.25, -0.2) is 13.2 Å². The van der Waals surface area contributed by atoms with Crippen LogP contribution in [0, 0.1) is 21.7 Å². The Kier molecular flexibility index (Phi) is 13.8. The van der Waals surface area contributed by atoms with Crippen molar-refractivity contribution in [3.63, 3.8) is 0 Å². The molecule has 54 heavy (non-hydrogen) atoms. The van der Waals surface area contributed by atoms with Crippen LogP contribution in [-0.4, -0.2) is 82.3 Å². The zero-order valence-corrected chi connectivity index (χ0v) is 35.2. The van der Waals surface area contributed by atoms with E-state index in [1.165, 1.54) is 9.24 Å². The van der Waals surface area contributed by atoms with E-state index in [0.29, 0.717) is 55.4 Å². The molecule has 0 amide bonds. The maximum absolute atomic E-state index is 17.0. The largest absolute Gasteiger partial charge is 0.429 e. The first-order valence-corrected chi connectivity index (χ1v) is 18.8. The fourth-order valence-electron chi connectivity index (χ4n) is 5.84. The van der Waals surface area contributed by atoms with Gasteiger partial charge in [0.15, 0.2) is 4.75 Å². The third-order valence-corrected chi connectivity index (χ3v) is 14.8. The first kappa shape index (κ1) is 53.3. The van der Waals surface area contributed by atoms with Crippen LogP contribution >= 0.6 is 9.24 Å². The van der Waals surface area contributed by atoms with Crippen LogP contribution in [-0.2, 0) is 19.6 Å². The van der Waals surface area contributed by atoms with Gasteiger partial charge in [-0.3, -0.25) is 4.55 Å². The molecule has 3 unspecified atom stereocenters. The van der Waals surface area contributed by atoms with Gasteiger partial charge in [0.2, 0.25) is 0 Å². The Balaban J connectivity index is 7.71. The van der Waals surface area contributed by atoms with Gasteiger partial charge in [0.1, 0.15) is 11.2 Å². The van der Waals surface area contributed by atoms with Crippen LogP contribution in [0.2, 0.25) is 0 Å². The first-order valence-electron chi connectivity index (χ1n) is 16.5. The molecular weight excluding hydrogens is 805 g/mol. The molecule has 1 N–H and O–H groups in total. The Bertz CT molecular complexity index is 1470. The molecule has 0 aliphatic carbocycles. The highest BCUT2D eigenvalue weighted by atomic mass is 32.2. The molecule has 0 aliphatic rings. The van der Waals surface area contributed by atoms with Crippen molar-refractivity contribution in [1.82, 2.24) is 0 Å². The van der Waals surface area contributed by atoms with Crippen LogP contribution in [0.5, 0.6) is 0 Å². The summed E-state index contributed by atoms with van der Waals surface area (Å²) in [5, 5.41) is 0. The van der Waals surface area contributed by atoms with Gasteiger partial charge in [-0.2, -0.15) is 56.7 Å². The number of rotatable bonds is 18. The fraction of sp³-hybridized carbons (Fsp3) is 1.00. The molecule has 0 spiro atoms. The second-order valence-electron chi connectivity index (χ2n) is 17.7. The number of ether oxygens (including phenoxy) is 2. The molecule has 0 rings (SSSR count). The normalized spacial score (nSPS) is 18.7. The molecule has 0 aliphatic heterocycles. The molecule has 0 aromatic heterocycles. The fourth-order valence-corrected chi connectivity index (χ4v) is 6.76. The van der Waals surface area contributed by atoms with E-state index in [-0.39, 0.29) is 48.5 Å². The van der Waals surface area contributed by atoms with E-state index < -0.39 is 108 Å². The number of hydrogen-bond acceptors (Lipinski definition) is 4. The van der Waals surface area contributed by atoms with Crippen LogP contribution in [0.3, 0.4) is 0 Å². The standard InChI is InChI=1S/C33H55F14O5PS/c1-17-19(2,3)28(35,36)31(41,42)26(16,18-53)51-24(12,13)30(39,40)27(34,32(43,44)45)22(8,9)23(10,11)52-33(46,47)21(6,7)20(4,5)29(37,38)25(14,15)54(48,49)50/h17-18,53H2,1-16H3,(H,48,49,50). The summed E-state index contributed by atoms with van der Waals surface area (Å²) in [6.07, 6.45) is -13.9. The summed E-state index contributed by atoms with van der Waals surface area (Å²) in [5.41, 5.74) is -30.8. The Morgan fingerprint density at radius 1 is 0.519 bits per heavy atom. The number of halogens is 14. The molecule has 21 heteroatoms. The summed E-state index contributed by atoms with van der Waals surface area (Å²) in [5.74, 6) is -21.4. The summed E-state index contributed by atoms with van der Waals surface area (Å²) in [6.45, 7) is 5.52. The summed E-state index contributed by atoms with van der Waals surface area (Å²) in [6, 6.07) is 0. The maximum atomic E-state index is 17.0. The average molecular weight is 861 g/mol. The van der Waals surface area contributed by atoms with Crippen LogP contribution in [0.4, 0.5) is 61.5 Å². The van der Waals surface area contributed by atoms with Gasteiger partial charge < -0.3 is 9.47 Å². The van der Waals surface area contributed by atoms with E-state index in [9.17, 15) is 26.1 Å². The zero-order valence-electron chi connectivity index (χ0n) is 33.3. The van der Waals surface area contributed by atoms with Crippen molar-refractivity contribution in [3.8, 4) is 0 Å². The average Bonchev–Trinajstić information content (AvgIpc) is 2.93. The van der Waals surface area contributed by atoms with Gasteiger partial charge in [0.25, 0.3) is 21.7 Å². The Hall–Kier alpha value is -0.720. The quantitative estimate of drug-likeness (QED) is 0.0844. The molecule has 0 bridgehead atoms. The van der Waals surface area contributed by atoms with Gasteiger partial charge >= 0.3 is 30.1 Å². The van der Waals surface area contributed by atoms with Crippen LogP contribution in [0.25, 0.3) is 0 Å². The second kappa shape index (κ2) is 13.9. The Morgan fingerprint density at radius 2 is 0.889 bits per heavy atom. The minimum atomic E-state index is -6.81. The SMILES string of the molecule is CCC(C)(C)C(F)(F)C(F)(F)C(C)(CP)OC(C)(C)C(F)(F)C(F)(C(F)(F)F)C(C)(C)C(C)(C)OC(F)(F)C(C)(C)C(C)(C)C(F)(F)C(C)(C)S(=O)(=O)O. The Morgan fingerprint density at radius 3 is 1.19 bits per heavy atom. The van der Waals surface area contributed by atoms with Crippen molar-refractivity contribution >= 4 is 19.4 Å². The lowest BCUT2D eigenvalue weighted by Gasteiger charge is -2.58. The van der Waals surface area contributed by atoms with Crippen LogP contribution < -0.4 is 0 Å². The van der Waals surface area contributed by atoms with Crippen LogP contribution in [0.1, 0.15) is 117 Å². The molecule has 0 aromatic rings. The molecule has 5 nitrogen and oxygen atoms in total. The molecule has 0 saturated carbocycles. The van der Waals surface area contributed by atoms with Crippen molar-refractivity contribution in [1.29, 1.82) is 0 Å². The minimum Gasteiger partial charge on any atom is -0.356 e. The molecule has 0 saturated heterocycles. The topological polar surface area (TPSA) is 72.8 Å². The van der Waals surface area contributed by atoms with E-state index in [1.54, 1.807) is 0 Å². The van der Waals surface area contributed by atoms with Crippen molar-refractivity contribution in [2.45, 2.75) is 180 Å². The first-order chi connectivity index (χ1) is 22.8. The van der Waals surface area contributed by atoms with Crippen molar-refractivity contribution in [2.75, 3.05) is 6.16 Å². The van der Waals surface area contributed by atoms with Crippen molar-refractivity contribution in [2.24, 2.45) is 21.7 Å². The Labute approximate surface area is 311 Å². The lowest BCUT2D eigenvalue weighted by atomic mass is 9.59. The predicted octanol–water partition coefficient (Wildman–Crippen LogP) is 11.8. The van der Waals surface area contributed by atoms with Gasteiger partial charge in [0.05, 0.1) is 11.0 Å². The highest BCUT2D eigenvalue weighted by Crippen LogP contribution is 2.67. The third kappa shape index (κ3) is 7.19. The summed E-state index contributed by atoms with van der Waals surface area (Å²) >= 11 is 0. The van der Waals surface area contributed by atoms with Gasteiger partial charge in [-0.1, -0.05) is 62.3 Å². The molecule has 0 fully saturated rings. The van der Waals surface area contributed by atoms with Gasteiger partial charge in [-0.15, -0.1) is 9.24 Å². The number of hydrogen-bond donors (Lipinski definition) is 1. The van der Waals surface area contributed by atoms with Crippen molar-refractivity contribution < 1.29 is 83.9 Å². The van der Waals surface area contributed by atoms with Gasteiger partial charge in [0, 0.05) is 16.2 Å². The summed E-state index contributed by atoms with van der Waals surface area (Å²) in [7, 11) is -4.18. The smallest absolute Gasteiger partial charge is 0.356 e. The monoisotopic (exact) mass is 860 g/mol. The second-order valence-corrected chi connectivity index (χ2v) is 20.1. The number of alkyl halides is 14. The lowest BCUT2D eigenvalue weighted by Crippen LogP contribution is -2.76. The predicted molar refractivity (Wildman–Crippen MR) is 179 cm³/mol. The minimum absolute atomic E-state index is 0.00798. The molecule has 0 heterocycles. The van der Waals surface area contributed by atoms with Crippen molar-refractivity contribution in [3.05, 3.63) is 0 Å². The zero-order chi connectivity index (χ0) is 44.8. The summed E-state index contributed by atoms with van der Waals surface area (Å²) < 4.78 is 261. The van der Waals surface area contributed by atoms with E-state index in [2.05, 4.69) is 4.74 Å². The van der Waals surface area contributed by atoms with Crippen LogP contribution in [0.15, 0.2) is 0 Å². The molecule has 0 radical (unpaired) electrons. The lowest BCUT2D eigenvalue weighted by molar-refractivity contribution is -0.433.